The largest absolute Gasteiger partial charge is 0.391 e. The van der Waals surface area contributed by atoms with Crippen molar-refractivity contribution >= 4 is 17.5 Å². The number of benzene rings is 2. The van der Waals surface area contributed by atoms with Crippen molar-refractivity contribution in [1.82, 2.24) is 5.32 Å². The highest BCUT2D eigenvalue weighted by atomic mass is 19.1. The maximum atomic E-state index is 13.0. The van der Waals surface area contributed by atoms with Crippen molar-refractivity contribution in [2.24, 2.45) is 0 Å². The number of aryl methyl sites for hydroxylation is 1. The number of hydrogen-bond donors (Lipinski definition) is 3. The first kappa shape index (κ1) is 17.6. The second-order valence-electron chi connectivity index (χ2n) is 5.47. The van der Waals surface area contributed by atoms with Gasteiger partial charge in [0.2, 0.25) is 0 Å². The first-order valence-corrected chi connectivity index (χ1v) is 7.53. The van der Waals surface area contributed by atoms with Crippen molar-refractivity contribution in [3.8, 4) is 0 Å². The third-order valence-electron chi connectivity index (χ3n) is 3.46. The molecule has 5 nitrogen and oxygen atoms in total. The van der Waals surface area contributed by atoms with E-state index in [2.05, 4.69) is 10.6 Å². The van der Waals surface area contributed by atoms with Crippen LogP contribution in [0.25, 0.3) is 0 Å². The fourth-order valence-corrected chi connectivity index (χ4v) is 2.20. The van der Waals surface area contributed by atoms with Gasteiger partial charge in [0, 0.05) is 18.7 Å². The van der Waals surface area contributed by atoms with Crippen LogP contribution in [0.5, 0.6) is 0 Å². The van der Waals surface area contributed by atoms with Gasteiger partial charge < -0.3 is 15.7 Å². The van der Waals surface area contributed by atoms with Crippen molar-refractivity contribution in [1.29, 1.82) is 0 Å². The van der Waals surface area contributed by atoms with Crippen LogP contribution in [-0.4, -0.2) is 29.6 Å². The molecular formula is C18H19FN2O3. The lowest BCUT2D eigenvalue weighted by Gasteiger charge is -2.12. The normalized spacial score (nSPS) is 11.6. The Morgan fingerprint density at radius 3 is 2.50 bits per heavy atom. The molecule has 2 aromatic rings. The van der Waals surface area contributed by atoms with Crippen LogP contribution >= 0.6 is 0 Å². The summed E-state index contributed by atoms with van der Waals surface area (Å²) in [5.74, 6) is -2.14. The highest BCUT2D eigenvalue weighted by molar-refractivity contribution is 6.39. The molecule has 2 aromatic carbocycles. The van der Waals surface area contributed by atoms with Crippen LogP contribution in [0.1, 0.15) is 11.1 Å². The standard InChI is InChI=1S/C18H19FN2O3/c1-12-9-14(19)7-8-16(12)21-18(24)17(23)20-11-15(22)10-13-5-3-2-4-6-13/h2-9,15,22H,10-11H2,1H3,(H,20,23)(H,21,24). The Hall–Kier alpha value is -2.73. The van der Waals surface area contributed by atoms with Crippen LogP contribution in [0, 0.1) is 12.7 Å². The predicted octanol–water partition coefficient (Wildman–Crippen LogP) is 1.79. The molecule has 1 unspecified atom stereocenters. The molecule has 0 spiro atoms. The van der Waals surface area contributed by atoms with Crippen molar-refractivity contribution in [3.63, 3.8) is 0 Å². The zero-order valence-corrected chi connectivity index (χ0v) is 13.3. The lowest BCUT2D eigenvalue weighted by Crippen LogP contribution is -2.40. The molecule has 2 rings (SSSR count). The number of hydrogen-bond acceptors (Lipinski definition) is 3. The minimum Gasteiger partial charge on any atom is -0.391 e. The molecule has 0 saturated heterocycles. The van der Waals surface area contributed by atoms with Gasteiger partial charge in [-0.3, -0.25) is 9.59 Å². The number of rotatable bonds is 5. The van der Waals surface area contributed by atoms with Crippen LogP contribution in [0.2, 0.25) is 0 Å². The molecule has 0 fully saturated rings. The van der Waals surface area contributed by atoms with Gasteiger partial charge in [-0.1, -0.05) is 30.3 Å². The third-order valence-corrected chi connectivity index (χ3v) is 3.46. The maximum absolute atomic E-state index is 13.0. The van der Waals surface area contributed by atoms with Crippen LogP contribution in [0.15, 0.2) is 48.5 Å². The predicted molar refractivity (Wildman–Crippen MR) is 88.9 cm³/mol. The van der Waals surface area contributed by atoms with E-state index in [0.717, 1.165) is 5.56 Å². The zero-order chi connectivity index (χ0) is 17.5. The highest BCUT2D eigenvalue weighted by Crippen LogP contribution is 2.15. The number of carbonyl (C=O) groups excluding carboxylic acids is 2. The summed E-state index contributed by atoms with van der Waals surface area (Å²) in [6.07, 6.45) is -0.420. The molecule has 1 atom stereocenters. The van der Waals surface area contributed by atoms with E-state index in [9.17, 15) is 19.1 Å². The molecule has 0 saturated carbocycles. The van der Waals surface area contributed by atoms with E-state index in [1.165, 1.54) is 18.2 Å². The molecule has 2 amide bonds. The smallest absolute Gasteiger partial charge is 0.313 e. The molecule has 0 aliphatic heterocycles. The molecule has 6 heteroatoms. The molecule has 126 valence electrons. The highest BCUT2D eigenvalue weighted by Gasteiger charge is 2.16. The summed E-state index contributed by atoms with van der Waals surface area (Å²) in [4.78, 5) is 23.6. The van der Waals surface area contributed by atoms with Gasteiger partial charge in [0.1, 0.15) is 5.82 Å². The quantitative estimate of drug-likeness (QED) is 0.732. The third kappa shape index (κ3) is 5.17. The van der Waals surface area contributed by atoms with Gasteiger partial charge in [-0.2, -0.15) is 0 Å². The lowest BCUT2D eigenvalue weighted by atomic mass is 10.1. The van der Waals surface area contributed by atoms with Crippen molar-refractivity contribution in [2.75, 3.05) is 11.9 Å². The van der Waals surface area contributed by atoms with Gasteiger partial charge in [0.25, 0.3) is 0 Å². The number of aliphatic hydroxyl groups is 1. The number of amides is 2. The molecule has 3 N–H and O–H groups in total. The van der Waals surface area contributed by atoms with E-state index in [1.54, 1.807) is 6.92 Å². The molecule has 0 radical (unpaired) electrons. The Balaban J connectivity index is 1.82. The van der Waals surface area contributed by atoms with Gasteiger partial charge in [-0.15, -0.1) is 0 Å². The van der Waals surface area contributed by atoms with E-state index >= 15 is 0 Å². The van der Waals surface area contributed by atoms with Crippen LogP contribution in [0.4, 0.5) is 10.1 Å². The molecule has 24 heavy (non-hydrogen) atoms. The minimum absolute atomic E-state index is 0.0381. The van der Waals surface area contributed by atoms with Crippen molar-refractivity contribution < 1.29 is 19.1 Å². The maximum Gasteiger partial charge on any atom is 0.313 e. The molecule has 0 aromatic heterocycles. The van der Waals surface area contributed by atoms with E-state index in [-0.39, 0.29) is 6.54 Å². The fraction of sp³-hybridized carbons (Fsp3) is 0.222. The van der Waals surface area contributed by atoms with E-state index in [1.807, 2.05) is 30.3 Å². The van der Waals surface area contributed by atoms with Crippen molar-refractivity contribution in [2.45, 2.75) is 19.4 Å². The Labute approximate surface area is 139 Å². The molecule has 0 aliphatic rings. The zero-order valence-electron chi connectivity index (χ0n) is 13.3. The minimum atomic E-state index is -0.864. The SMILES string of the molecule is Cc1cc(F)ccc1NC(=O)C(=O)NCC(O)Cc1ccccc1. The topological polar surface area (TPSA) is 78.4 Å². The second kappa shape index (κ2) is 8.21. The Kier molecular flexibility index (Phi) is 6.03. The fourth-order valence-electron chi connectivity index (χ4n) is 2.20. The summed E-state index contributed by atoms with van der Waals surface area (Å²) >= 11 is 0. The Morgan fingerprint density at radius 1 is 1.12 bits per heavy atom. The van der Waals surface area contributed by atoms with Gasteiger partial charge in [0.15, 0.2) is 0 Å². The lowest BCUT2D eigenvalue weighted by molar-refractivity contribution is -0.136. The first-order chi connectivity index (χ1) is 11.5. The second-order valence-corrected chi connectivity index (χ2v) is 5.47. The monoisotopic (exact) mass is 330 g/mol. The number of anilines is 1. The summed E-state index contributed by atoms with van der Waals surface area (Å²) in [5.41, 5.74) is 1.81. The first-order valence-electron chi connectivity index (χ1n) is 7.53. The Morgan fingerprint density at radius 2 is 1.83 bits per heavy atom. The number of aliphatic hydroxyl groups excluding tert-OH is 1. The van der Waals surface area contributed by atoms with Crippen molar-refractivity contribution in [3.05, 3.63) is 65.5 Å². The number of carbonyl (C=O) groups is 2. The van der Waals surface area contributed by atoms with Gasteiger partial charge in [-0.25, -0.2) is 4.39 Å². The van der Waals surface area contributed by atoms with Gasteiger partial charge in [-0.05, 0) is 36.2 Å². The molecular weight excluding hydrogens is 311 g/mol. The number of nitrogens with one attached hydrogen (secondary N) is 2. The summed E-state index contributed by atoms with van der Waals surface area (Å²) in [6.45, 7) is 1.59. The van der Waals surface area contributed by atoms with Crippen LogP contribution in [0.3, 0.4) is 0 Å². The summed E-state index contributed by atoms with van der Waals surface area (Å²) in [6, 6.07) is 13.2. The number of halogens is 1. The van der Waals surface area contributed by atoms with Gasteiger partial charge >= 0.3 is 11.8 Å². The molecule has 0 aliphatic carbocycles. The van der Waals surface area contributed by atoms with E-state index < -0.39 is 23.7 Å². The average Bonchev–Trinajstić information content (AvgIpc) is 2.56. The summed E-state index contributed by atoms with van der Waals surface area (Å²) in [5, 5.41) is 14.7. The molecule has 0 heterocycles. The summed E-state index contributed by atoms with van der Waals surface area (Å²) in [7, 11) is 0. The average molecular weight is 330 g/mol. The Bertz CT molecular complexity index is 719. The van der Waals surface area contributed by atoms with Crippen LogP contribution in [-0.2, 0) is 16.0 Å². The van der Waals surface area contributed by atoms with E-state index in [4.69, 9.17) is 0 Å². The van der Waals surface area contributed by atoms with Gasteiger partial charge in [0.05, 0.1) is 6.10 Å². The molecule has 0 bridgehead atoms. The van der Waals surface area contributed by atoms with Crippen LogP contribution < -0.4 is 10.6 Å². The van der Waals surface area contributed by atoms with E-state index in [0.29, 0.717) is 17.7 Å². The summed E-state index contributed by atoms with van der Waals surface area (Å²) < 4.78 is 13.0.